The number of thiazole rings is 1. The quantitative estimate of drug-likeness (QED) is 0.443. The van der Waals surface area contributed by atoms with Gasteiger partial charge in [0.2, 0.25) is 5.95 Å². The van der Waals surface area contributed by atoms with E-state index in [1.54, 1.807) is 6.07 Å². The minimum Gasteiger partial charge on any atom is -0.324 e. The van der Waals surface area contributed by atoms with Crippen LogP contribution in [-0.2, 0) is 0 Å². The van der Waals surface area contributed by atoms with E-state index in [9.17, 15) is 10.1 Å². The molecule has 8 heteroatoms. The maximum absolute atomic E-state index is 10.8. The number of anilines is 2. The molecule has 2 heterocycles. The van der Waals surface area contributed by atoms with Crippen molar-refractivity contribution >= 4 is 49.4 Å². The van der Waals surface area contributed by atoms with Gasteiger partial charge in [-0.1, -0.05) is 23.5 Å². The van der Waals surface area contributed by atoms with Crippen LogP contribution < -0.4 is 5.32 Å². The van der Waals surface area contributed by atoms with E-state index in [1.165, 1.54) is 23.5 Å². The third-order valence-corrected chi connectivity index (χ3v) is 4.13. The number of rotatable bonds is 3. The van der Waals surface area contributed by atoms with Crippen molar-refractivity contribution in [2.45, 2.75) is 0 Å². The van der Waals surface area contributed by atoms with Gasteiger partial charge in [-0.25, -0.2) is 9.97 Å². The molecule has 4 aromatic rings. The first-order valence-corrected chi connectivity index (χ1v) is 7.27. The van der Waals surface area contributed by atoms with Gasteiger partial charge in [-0.2, -0.15) is 0 Å². The standard InChI is InChI=1S/C14H9N5O2S/c20-19(21)8-5-6-11-12(7-8)22-14(17-11)18-13-15-9-3-1-2-4-10(9)16-13/h1-7H,(H2,15,16,17,18). The molecule has 0 aliphatic carbocycles. The van der Waals surface area contributed by atoms with Gasteiger partial charge in [-0.15, -0.1) is 0 Å². The summed E-state index contributed by atoms with van der Waals surface area (Å²) >= 11 is 1.35. The summed E-state index contributed by atoms with van der Waals surface area (Å²) in [6, 6.07) is 12.3. The normalized spacial score (nSPS) is 11.1. The Hall–Kier alpha value is -3.00. The zero-order valence-electron chi connectivity index (χ0n) is 11.1. The highest BCUT2D eigenvalue weighted by molar-refractivity contribution is 7.22. The van der Waals surface area contributed by atoms with Crippen LogP contribution in [0.4, 0.5) is 16.8 Å². The highest BCUT2D eigenvalue weighted by atomic mass is 32.1. The molecule has 0 aliphatic heterocycles. The van der Waals surface area contributed by atoms with Crippen LogP contribution in [0.5, 0.6) is 0 Å². The number of nitro benzene ring substituents is 1. The fourth-order valence-electron chi connectivity index (χ4n) is 2.19. The molecule has 0 saturated carbocycles. The van der Waals surface area contributed by atoms with Crippen LogP contribution in [0, 0.1) is 10.1 Å². The van der Waals surface area contributed by atoms with Crippen LogP contribution >= 0.6 is 11.3 Å². The number of H-pyrrole nitrogens is 1. The minimum atomic E-state index is -0.411. The lowest BCUT2D eigenvalue weighted by Crippen LogP contribution is -1.90. The van der Waals surface area contributed by atoms with Crippen molar-refractivity contribution in [1.82, 2.24) is 15.0 Å². The maximum atomic E-state index is 10.8. The smallest absolute Gasteiger partial charge is 0.270 e. The number of benzene rings is 2. The lowest BCUT2D eigenvalue weighted by Gasteiger charge is -1.94. The van der Waals surface area contributed by atoms with E-state index in [-0.39, 0.29) is 5.69 Å². The first kappa shape index (κ1) is 12.7. The van der Waals surface area contributed by atoms with Crippen LogP contribution in [0.25, 0.3) is 21.3 Å². The topological polar surface area (TPSA) is 96.7 Å². The second-order valence-electron chi connectivity index (χ2n) is 4.66. The predicted molar refractivity (Wildman–Crippen MR) is 85.7 cm³/mol. The number of hydrogen-bond acceptors (Lipinski definition) is 6. The molecule has 0 amide bonds. The Morgan fingerprint density at radius 1 is 1.14 bits per heavy atom. The van der Waals surface area contributed by atoms with E-state index >= 15 is 0 Å². The summed E-state index contributed by atoms with van der Waals surface area (Å²) in [7, 11) is 0. The lowest BCUT2D eigenvalue weighted by atomic mass is 10.3. The van der Waals surface area contributed by atoms with Crippen molar-refractivity contribution in [3.05, 3.63) is 52.6 Å². The van der Waals surface area contributed by atoms with Crippen LogP contribution in [-0.4, -0.2) is 19.9 Å². The Kier molecular flexibility index (Phi) is 2.76. The van der Waals surface area contributed by atoms with Gasteiger partial charge in [0.1, 0.15) is 0 Å². The molecule has 22 heavy (non-hydrogen) atoms. The van der Waals surface area contributed by atoms with Gasteiger partial charge in [-0.05, 0) is 18.2 Å². The number of non-ortho nitro benzene ring substituents is 1. The van der Waals surface area contributed by atoms with Crippen molar-refractivity contribution in [3.63, 3.8) is 0 Å². The number of nitrogens with one attached hydrogen (secondary N) is 2. The first-order chi connectivity index (χ1) is 10.7. The summed E-state index contributed by atoms with van der Waals surface area (Å²) in [6.07, 6.45) is 0. The summed E-state index contributed by atoms with van der Waals surface area (Å²) in [5.41, 5.74) is 2.57. The molecule has 0 radical (unpaired) electrons. The third kappa shape index (κ3) is 2.15. The van der Waals surface area contributed by atoms with Crippen LogP contribution in [0.3, 0.4) is 0 Å². The molecule has 0 unspecified atom stereocenters. The fourth-order valence-corrected chi connectivity index (χ4v) is 3.09. The van der Waals surface area contributed by atoms with Crippen molar-refractivity contribution < 1.29 is 4.92 Å². The molecule has 0 aliphatic rings. The molecule has 0 saturated heterocycles. The van der Waals surface area contributed by atoms with Gasteiger partial charge in [0.05, 0.1) is 26.2 Å². The Balaban J connectivity index is 1.70. The molecule has 108 valence electrons. The molecule has 7 nitrogen and oxygen atoms in total. The molecule has 0 bridgehead atoms. The first-order valence-electron chi connectivity index (χ1n) is 6.46. The third-order valence-electron chi connectivity index (χ3n) is 3.20. The van der Waals surface area contributed by atoms with E-state index in [2.05, 4.69) is 20.3 Å². The van der Waals surface area contributed by atoms with Crippen molar-refractivity contribution in [2.24, 2.45) is 0 Å². The highest BCUT2D eigenvalue weighted by Crippen LogP contribution is 2.30. The monoisotopic (exact) mass is 311 g/mol. The highest BCUT2D eigenvalue weighted by Gasteiger charge is 2.11. The van der Waals surface area contributed by atoms with Crippen LogP contribution in [0.2, 0.25) is 0 Å². The number of nitro groups is 1. The molecule has 2 aromatic carbocycles. The van der Waals surface area contributed by atoms with E-state index in [0.29, 0.717) is 16.6 Å². The minimum absolute atomic E-state index is 0.0615. The maximum Gasteiger partial charge on any atom is 0.270 e. The molecular formula is C14H9N5O2S. The Labute approximate surface area is 127 Å². The summed E-state index contributed by atoms with van der Waals surface area (Å²) in [5, 5.41) is 14.5. The molecule has 2 aromatic heterocycles. The number of imidazole rings is 1. The van der Waals surface area contributed by atoms with Gasteiger partial charge in [0.25, 0.3) is 5.69 Å². The van der Waals surface area contributed by atoms with E-state index in [1.807, 2.05) is 24.3 Å². The Bertz CT molecular complexity index is 974. The average molecular weight is 311 g/mol. The van der Waals surface area contributed by atoms with Gasteiger partial charge in [0.15, 0.2) is 5.13 Å². The van der Waals surface area contributed by atoms with Crippen LogP contribution in [0.15, 0.2) is 42.5 Å². The fraction of sp³-hybridized carbons (Fsp3) is 0. The summed E-state index contributed by atoms with van der Waals surface area (Å²) in [6.45, 7) is 0. The van der Waals surface area contributed by atoms with Crippen LogP contribution in [0.1, 0.15) is 0 Å². The predicted octanol–water partition coefficient (Wildman–Crippen LogP) is 3.82. The molecule has 0 atom stereocenters. The van der Waals surface area contributed by atoms with Gasteiger partial charge in [0, 0.05) is 12.1 Å². The second-order valence-corrected chi connectivity index (χ2v) is 5.69. The van der Waals surface area contributed by atoms with E-state index in [4.69, 9.17) is 0 Å². The number of nitrogens with zero attached hydrogens (tertiary/aromatic N) is 3. The summed E-state index contributed by atoms with van der Waals surface area (Å²) in [4.78, 5) is 22.4. The summed E-state index contributed by atoms with van der Waals surface area (Å²) < 4.78 is 0.757. The van der Waals surface area contributed by atoms with Gasteiger partial charge >= 0.3 is 0 Å². The van der Waals surface area contributed by atoms with E-state index in [0.717, 1.165) is 15.7 Å². The SMILES string of the molecule is O=[N+]([O-])c1ccc2nc(Nc3nc4ccccc4[nH]3)sc2c1. The lowest BCUT2D eigenvalue weighted by molar-refractivity contribution is -0.384. The van der Waals surface area contributed by atoms with Crippen molar-refractivity contribution in [3.8, 4) is 0 Å². The number of aromatic nitrogens is 3. The zero-order valence-corrected chi connectivity index (χ0v) is 11.9. The number of hydrogen-bond donors (Lipinski definition) is 2. The Morgan fingerprint density at radius 2 is 2.00 bits per heavy atom. The number of fused-ring (bicyclic) bond motifs is 2. The van der Waals surface area contributed by atoms with E-state index < -0.39 is 4.92 Å². The average Bonchev–Trinajstić information content (AvgIpc) is 3.08. The van der Waals surface area contributed by atoms with Crippen molar-refractivity contribution in [1.29, 1.82) is 0 Å². The van der Waals surface area contributed by atoms with Gasteiger partial charge in [-0.3, -0.25) is 10.1 Å². The molecule has 4 rings (SSSR count). The molecule has 0 spiro atoms. The van der Waals surface area contributed by atoms with Crippen molar-refractivity contribution in [2.75, 3.05) is 5.32 Å². The molecule has 0 fully saturated rings. The summed E-state index contributed by atoms with van der Waals surface area (Å²) in [5.74, 6) is 0.592. The Morgan fingerprint density at radius 3 is 2.82 bits per heavy atom. The largest absolute Gasteiger partial charge is 0.324 e. The molecule has 2 N–H and O–H groups in total. The molecular weight excluding hydrogens is 302 g/mol. The zero-order chi connectivity index (χ0) is 15.1. The van der Waals surface area contributed by atoms with Gasteiger partial charge < -0.3 is 10.3 Å². The number of aromatic amines is 1. The number of para-hydroxylation sites is 2. The second kappa shape index (κ2) is 4.78.